The summed E-state index contributed by atoms with van der Waals surface area (Å²) in [5.74, 6) is -0.613. The van der Waals surface area contributed by atoms with Crippen LogP contribution in [0.2, 0.25) is 0 Å². The molecule has 1 aliphatic heterocycles. The van der Waals surface area contributed by atoms with Crippen LogP contribution in [0.1, 0.15) is 20.8 Å². The highest BCUT2D eigenvalue weighted by atomic mass is 16.6. The number of esters is 1. The molecule has 0 saturated carbocycles. The van der Waals surface area contributed by atoms with Crippen LogP contribution in [0.3, 0.4) is 0 Å². The summed E-state index contributed by atoms with van der Waals surface area (Å²) in [6.07, 6.45) is -0.935. The van der Waals surface area contributed by atoms with Gasteiger partial charge in [-0.1, -0.05) is 6.92 Å². The number of hydrogen-bond acceptors (Lipinski definition) is 3. The molecule has 0 spiro atoms. The van der Waals surface area contributed by atoms with Crippen LogP contribution in [0.15, 0.2) is 0 Å². The van der Waals surface area contributed by atoms with Crippen molar-refractivity contribution in [1.29, 1.82) is 0 Å². The van der Waals surface area contributed by atoms with E-state index in [1.165, 1.54) is 0 Å². The number of cyclic esters (lactones) is 1. The van der Waals surface area contributed by atoms with Gasteiger partial charge in [-0.15, -0.1) is 0 Å². The zero-order valence-corrected chi connectivity index (χ0v) is 6.42. The van der Waals surface area contributed by atoms with Crippen molar-refractivity contribution in [2.24, 2.45) is 5.92 Å². The largest absolute Gasteiger partial charge is 0.457 e. The van der Waals surface area contributed by atoms with Crippen LogP contribution in [0.4, 0.5) is 0 Å². The number of carbonyl (C=O) groups excluding carboxylic acids is 1. The Kier molecular flexibility index (Phi) is 1.47. The molecule has 3 heteroatoms. The van der Waals surface area contributed by atoms with E-state index < -0.39 is 17.7 Å². The maximum absolute atomic E-state index is 10.7. The number of carbonyl (C=O) groups is 1. The van der Waals surface area contributed by atoms with Crippen molar-refractivity contribution in [2.45, 2.75) is 32.5 Å². The quantitative estimate of drug-likeness (QED) is 0.498. The van der Waals surface area contributed by atoms with Crippen LogP contribution in [0.25, 0.3) is 0 Å². The SMILES string of the molecule is C[C@H]1[C@H](O)C(=O)OC1(C)C. The Labute approximate surface area is 60.0 Å². The second kappa shape index (κ2) is 1.95. The predicted molar refractivity (Wildman–Crippen MR) is 35.3 cm³/mol. The zero-order chi connectivity index (χ0) is 7.94. The van der Waals surface area contributed by atoms with E-state index in [4.69, 9.17) is 9.84 Å². The molecule has 0 radical (unpaired) electrons. The Bertz CT molecular complexity index is 162. The topological polar surface area (TPSA) is 46.5 Å². The molecule has 1 rings (SSSR count). The monoisotopic (exact) mass is 144 g/mol. The van der Waals surface area contributed by atoms with Crippen LogP contribution in [-0.2, 0) is 9.53 Å². The zero-order valence-electron chi connectivity index (χ0n) is 6.42. The number of rotatable bonds is 0. The second-order valence-electron chi connectivity index (χ2n) is 3.26. The minimum Gasteiger partial charge on any atom is -0.457 e. The van der Waals surface area contributed by atoms with Gasteiger partial charge in [0.15, 0.2) is 6.10 Å². The fourth-order valence-electron chi connectivity index (χ4n) is 0.997. The van der Waals surface area contributed by atoms with Crippen molar-refractivity contribution in [3.05, 3.63) is 0 Å². The minimum absolute atomic E-state index is 0.111. The molecular formula is C7H12O3. The summed E-state index contributed by atoms with van der Waals surface area (Å²) >= 11 is 0. The molecule has 1 fully saturated rings. The molecule has 0 aromatic carbocycles. The smallest absolute Gasteiger partial charge is 0.335 e. The van der Waals surface area contributed by atoms with E-state index in [-0.39, 0.29) is 5.92 Å². The fraction of sp³-hybridized carbons (Fsp3) is 0.857. The van der Waals surface area contributed by atoms with E-state index in [2.05, 4.69) is 0 Å². The van der Waals surface area contributed by atoms with Gasteiger partial charge in [0, 0.05) is 5.92 Å². The van der Waals surface area contributed by atoms with Gasteiger partial charge in [0.05, 0.1) is 0 Å². The van der Waals surface area contributed by atoms with Crippen molar-refractivity contribution in [1.82, 2.24) is 0 Å². The third-order valence-electron chi connectivity index (χ3n) is 2.18. The van der Waals surface area contributed by atoms with Gasteiger partial charge < -0.3 is 9.84 Å². The lowest BCUT2D eigenvalue weighted by atomic mass is 9.91. The Morgan fingerprint density at radius 1 is 1.60 bits per heavy atom. The third kappa shape index (κ3) is 0.904. The average molecular weight is 144 g/mol. The van der Waals surface area contributed by atoms with Gasteiger partial charge in [0.2, 0.25) is 0 Å². The molecule has 0 aliphatic carbocycles. The standard InChI is InChI=1S/C7H12O3/c1-4-5(8)6(9)10-7(4,2)3/h4-5,8H,1-3H3/t4-,5-/m0/s1. The molecule has 0 aromatic rings. The Morgan fingerprint density at radius 2 is 2.10 bits per heavy atom. The van der Waals surface area contributed by atoms with Crippen LogP contribution in [-0.4, -0.2) is 22.8 Å². The molecule has 0 aromatic heterocycles. The van der Waals surface area contributed by atoms with Crippen molar-refractivity contribution in [3.8, 4) is 0 Å². The highest BCUT2D eigenvalue weighted by molar-refractivity contribution is 5.77. The highest BCUT2D eigenvalue weighted by Gasteiger charge is 2.46. The molecular weight excluding hydrogens is 132 g/mol. The number of aliphatic hydroxyl groups is 1. The van der Waals surface area contributed by atoms with Crippen LogP contribution in [0, 0.1) is 5.92 Å². The van der Waals surface area contributed by atoms with Gasteiger partial charge in [0.25, 0.3) is 0 Å². The van der Waals surface area contributed by atoms with Gasteiger partial charge in [-0.05, 0) is 13.8 Å². The first-order valence-corrected chi connectivity index (χ1v) is 3.36. The molecule has 10 heavy (non-hydrogen) atoms. The summed E-state index contributed by atoms with van der Waals surface area (Å²) in [4.78, 5) is 10.7. The Balaban J connectivity index is 2.81. The van der Waals surface area contributed by atoms with Gasteiger partial charge >= 0.3 is 5.97 Å². The normalized spacial score (nSPS) is 37.8. The van der Waals surface area contributed by atoms with E-state index in [1.54, 1.807) is 20.8 Å². The van der Waals surface area contributed by atoms with Crippen LogP contribution >= 0.6 is 0 Å². The van der Waals surface area contributed by atoms with Gasteiger partial charge in [-0.2, -0.15) is 0 Å². The maximum Gasteiger partial charge on any atom is 0.335 e. The lowest BCUT2D eigenvalue weighted by Crippen LogP contribution is -2.29. The summed E-state index contributed by atoms with van der Waals surface area (Å²) < 4.78 is 4.88. The summed E-state index contributed by atoms with van der Waals surface area (Å²) in [5.41, 5.74) is -0.503. The summed E-state index contributed by atoms with van der Waals surface area (Å²) in [6, 6.07) is 0. The molecule has 2 atom stereocenters. The molecule has 1 aliphatic rings. The molecule has 0 amide bonds. The Hall–Kier alpha value is -0.570. The first kappa shape index (κ1) is 7.54. The fourth-order valence-corrected chi connectivity index (χ4v) is 0.997. The van der Waals surface area contributed by atoms with Crippen molar-refractivity contribution in [2.75, 3.05) is 0 Å². The molecule has 0 bridgehead atoms. The summed E-state index contributed by atoms with van der Waals surface area (Å²) in [5, 5.41) is 9.13. The van der Waals surface area contributed by atoms with Gasteiger partial charge in [0.1, 0.15) is 5.60 Å². The first-order chi connectivity index (χ1) is 4.45. The molecule has 0 unspecified atom stereocenters. The molecule has 1 N–H and O–H groups in total. The number of aliphatic hydroxyl groups excluding tert-OH is 1. The van der Waals surface area contributed by atoms with Crippen LogP contribution in [0.5, 0.6) is 0 Å². The van der Waals surface area contributed by atoms with E-state index in [1.807, 2.05) is 0 Å². The molecule has 1 heterocycles. The number of ether oxygens (including phenoxy) is 1. The van der Waals surface area contributed by atoms with Gasteiger partial charge in [-0.3, -0.25) is 0 Å². The predicted octanol–water partition coefficient (Wildman–Crippen LogP) is 0.319. The molecule has 3 nitrogen and oxygen atoms in total. The van der Waals surface area contributed by atoms with E-state index in [0.717, 1.165) is 0 Å². The lowest BCUT2D eigenvalue weighted by molar-refractivity contribution is -0.151. The first-order valence-electron chi connectivity index (χ1n) is 3.36. The second-order valence-corrected chi connectivity index (χ2v) is 3.26. The molecule has 58 valence electrons. The van der Waals surface area contributed by atoms with Gasteiger partial charge in [-0.25, -0.2) is 4.79 Å². The van der Waals surface area contributed by atoms with E-state index in [0.29, 0.717) is 0 Å². The molecule has 1 saturated heterocycles. The Morgan fingerprint density at radius 3 is 2.20 bits per heavy atom. The summed E-state index contributed by atoms with van der Waals surface area (Å²) in [6.45, 7) is 5.40. The minimum atomic E-state index is -0.935. The third-order valence-corrected chi connectivity index (χ3v) is 2.18. The lowest BCUT2D eigenvalue weighted by Gasteiger charge is -2.21. The van der Waals surface area contributed by atoms with Crippen molar-refractivity contribution in [3.63, 3.8) is 0 Å². The van der Waals surface area contributed by atoms with Crippen LogP contribution < -0.4 is 0 Å². The average Bonchev–Trinajstić information content (AvgIpc) is 1.95. The van der Waals surface area contributed by atoms with E-state index >= 15 is 0 Å². The van der Waals surface area contributed by atoms with Crippen molar-refractivity contribution < 1.29 is 14.6 Å². The van der Waals surface area contributed by atoms with Crippen molar-refractivity contribution >= 4 is 5.97 Å². The maximum atomic E-state index is 10.7. The van der Waals surface area contributed by atoms with E-state index in [9.17, 15) is 4.79 Å². The number of hydrogen-bond donors (Lipinski definition) is 1. The summed E-state index contributed by atoms with van der Waals surface area (Å²) in [7, 11) is 0. The highest BCUT2D eigenvalue weighted by Crippen LogP contribution is 2.31.